The van der Waals surface area contributed by atoms with Crippen molar-refractivity contribution in [2.45, 2.75) is 32.2 Å². The highest BCUT2D eigenvalue weighted by Gasteiger charge is 2.25. The van der Waals surface area contributed by atoms with Crippen LogP contribution in [0.3, 0.4) is 0 Å². The van der Waals surface area contributed by atoms with E-state index in [1.807, 2.05) is 18.2 Å². The molecule has 1 unspecified atom stereocenters. The highest BCUT2D eigenvalue weighted by molar-refractivity contribution is 5.79. The van der Waals surface area contributed by atoms with Crippen LogP contribution in [-0.2, 0) is 20.9 Å². The molecule has 2 rings (SSSR count). The maximum atomic E-state index is 12.3. The van der Waals surface area contributed by atoms with Gasteiger partial charge in [-0.25, -0.2) is 0 Å². The summed E-state index contributed by atoms with van der Waals surface area (Å²) in [5.74, 6) is -0.0795. The van der Waals surface area contributed by atoms with Crippen LogP contribution < -0.4 is 5.32 Å². The van der Waals surface area contributed by atoms with Crippen LogP contribution >= 0.6 is 0 Å². The number of likely N-dealkylation sites (tertiary alicyclic amines) is 1. The number of rotatable bonds is 7. The number of benzene rings is 1. The van der Waals surface area contributed by atoms with Crippen molar-refractivity contribution in [3.05, 3.63) is 35.9 Å². The zero-order valence-corrected chi connectivity index (χ0v) is 13.8. The highest BCUT2D eigenvalue weighted by Crippen LogP contribution is 2.18. The molecule has 0 aromatic heterocycles. The number of carbonyl (C=O) groups is 2. The first-order valence-corrected chi connectivity index (χ1v) is 8.30. The van der Waals surface area contributed by atoms with Crippen LogP contribution in [0.15, 0.2) is 30.3 Å². The van der Waals surface area contributed by atoms with E-state index in [-0.39, 0.29) is 17.8 Å². The molecular weight excluding hydrogens is 292 g/mol. The third kappa shape index (κ3) is 6.02. The molecule has 5 nitrogen and oxygen atoms in total. The van der Waals surface area contributed by atoms with Crippen LogP contribution in [0.4, 0.5) is 0 Å². The summed E-state index contributed by atoms with van der Waals surface area (Å²) in [7, 11) is 1.38. The number of esters is 1. The van der Waals surface area contributed by atoms with Crippen LogP contribution in [0.2, 0.25) is 0 Å². The Morgan fingerprint density at radius 1 is 1.30 bits per heavy atom. The summed E-state index contributed by atoms with van der Waals surface area (Å²) in [6.07, 6.45) is 2.96. The molecule has 1 saturated heterocycles. The summed E-state index contributed by atoms with van der Waals surface area (Å²) in [6, 6.07) is 10.4. The molecule has 0 aliphatic carbocycles. The van der Waals surface area contributed by atoms with Gasteiger partial charge in [-0.3, -0.25) is 14.5 Å². The first-order chi connectivity index (χ1) is 11.2. The van der Waals surface area contributed by atoms with Gasteiger partial charge >= 0.3 is 5.97 Å². The van der Waals surface area contributed by atoms with Crippen LogP contribution in [0.5, 0.6) is 0 Å². The van der Waals surface area contributed by atoms with Gasteiger partial charge in [0.05, 0.1) is 13.0 Å². The second-order valence-electron chi connectivity index (χ2n) is 6.03. The third-order valence-corrected chi connectivity index (χ3v) is 4.21. The first kappa shape index (κ1) is 17.5. The van der Waals surface area contributed by atoms with Crippen LogP contribution in [-0.4, -0.2) is 43.5 Å². The Morgan fingerprint density at radius 3 is 2.83 bits per heavy atom. The average Bonchev–Trinajstić information content (AvgIpc) is 2.59. The van der Waals surface area contributed by atoms with E-state index in [1.54, 1.807) is 0 Å². The minimum Gasteiger partial charge on any atom is -0.469 e. The lowest BCUT2D eigenvalue weighted by atomic mass is 9.96. The van der Waals surface area contributed by atoms with Gasteiger partial charge in [0.25, 0.3) is 0 Å². The minimum absolute atomic E-state index is 0.0468. The van der Waals surface area contributed by atoms with Crippen molar-refractivity contribution in [1.82, 2.24) is 10.2 Å². The molecule has 1 atom stereocenters. The predicted octanol–water partition coefficient (Wildman–Crippen LogP) is 1.97. The Balaban J connectivity index is 1.72. The van der Waals surface area contributed by atoms with E-state index in [0.29, 0.717) is 19.4 Å². The van der Waals surface area contributed by atoms with Crippen LogP contribution in [0, 0.1) is 5.92 Å². The zero-order valence-electron chi connectivity index (χ0n) is 13.8. The zero-order chi connectivity index (χ0) is 16.5. The Labute approximate surface area is 138 Å². The lowest BCUT2D eigenvalue weighted by Crippen LogP contribution is -2.42. The van der Waals surface area contributed by atoms with E-state index in [9.17, 15) is 9.59 Å². The fraction of sp³-hybridized carbons (Fsp3) is 0.556. The maximum Gasteiger partial charge on any atom is 0.305 e. The monoisotopic (exact) mass is 318 g/mol. The van der Waals surface area contributed by atoms with Crippen molar-refractivity contribution in [2.75, 3.05) is 26.7 Å². The molecule has 0 saturated carbocycles. The SMILES string of the molecule is COC(=O)CCCNC(=O)C1CCCN(Cc2ccccc2)C1. The first-order valence-electron chi connectivity index (χ1n) is 8.30. The van der Waals surface area contributed by atoms with Gasteiger partial charge in [-0.05, 0) is 31.4 Å². The van der Waals surface area contributed by atoms with Crippen LogP contribution in [0.1, 0.15) is 31.2 Å². The van der Waals surface area contributed by atoms with Crippen molar-refractivity contribution >= 4 is 11.9 Å². The van der Waals surface area contributed by atoms with Crippen molar-refractivity contribution in [3.63, 3.8) is 0 Å². The molecule has 1 aromatic rings. The molecule has 1 heterocycles. The largest absolute Gasteiger partial charge is 0.469 e. The van der Waals surface area contributed by atoms with Gasteiger partial charge < -0.3 is 10.1 Å². The van der Waals surface area contributed by atoms with Crippen molar-refractivity contribution in [1.29, 1.82) is 0 Å². The van der Waals surface area contributed by atoms with Crippen molar-refractivity contribution < 1.29 is 14.3 Å². The second-order valence-corrected chi connectivity index (χ2v) is 6.03. The van der Waals surface area contributed by atoms with Gasteiger partial charge in [-0.1, -0.05) is 30.3 Å². The highest BCUT2D eigenvalue weighted by atomic mass is 16.5. The standard InChI is InChI=1S/C18H26N2O3/c1-23-17(21)10-5-11-19-18(22)16-9-6-12-20(14-16)13-15-7-3-2-4-8-15/h2-4,7-8,16H,5-6,9-14H2,1H3,(H,19,22). The normalized spacial score (nSPS) is 18.4. The summed E-state index contributed by atoms with van der Waals surface area (Å²) >= 11 is 0. The van der Waals surface area contributed by atoms with Gasteiger partial charge in [0.1, 0.15) is 0 Å². The number of nitrogens with zero attached hydrogens (tertiary/aromatic N) is 1. The topological polar surface area (TPSA) is 58.6 Å². The number of methoxy groups -OCH3 is 1. The van der Waals surface area contributed by atoms with E-state index in [0.717, 1.165) is 32.5 Å². The number of carbonyl (C=O) groups excluding carboxylic acids is 2. The van der Waals surface area contributed by atoms with Gasteiger partial charge in [-0.2, -0.15) is 0 Å². The smallest absolute Gasteiger partial charge is 0.305 e. The Kier molecular flexibility index (Phi) is 7.07. The quantitative estimate of drug-likeness (QED) is 0.617. The second kappa shape index (κ2) is 9.30. The van der Waals surface area contributed by atoms with Crippen molar-refractivity contribution in [2.24, 2.45) is 5.92 Å². The lowest BCUT2D eigenvalue weighted by Gasteiger charge is -2.32. The Bertz CT molecular complexity index is 504. The molecular formula is C18H26N2O3. The average molecular weight is 318 g/mol. The fourth-order valence-electron chi connectivity index (χ4n) is 2.95. The van der Waals surface area contributed by atoms with Gasteiger partial charge in [0.15, 0.2) is 0 Å². The molecule has 1 aromatic carbocycles. The molecule has 1 fully saturated rings. The maximum absolute atomic E-state index is 12.3. The molecule has 5 heteroatoms. The molecule has 0 radical (unpaired) electrons. The summed E-state index contributed by atoms with van der Waals surface area (Å²) in [5.41, 5.74) is 1.28. The summed E-state index contributed by atoms with van der Waals surface area (Å²) in [5, 5.41) is 2.94. The lowest BCUT2D eigenvalue weighted by molar-refractivity contribution is -0.140. The number of amides is 1. The van der Waals surface area contributed by atoms with E-state index in [1.165, 1.54) is 12.7 Å². The molecule has 23 heavy (non-hydrogen) atoms. The third-order valence-electron chi connectivity index (χ3n) is 4.21. The van der Waals surface area contributed by atoms with Crippen molar-refractivity contribution in [3.8, 4) is 0 Å². The summed E-state index contributed by atoms with van der Waals surface area (Å²) in [4.78, 5) is 25.6. The Morgan fingerprint density at radius 2 is 2.09 bits per heavy atom. The minimum atomic E-state index is -0.231. The number of nitrogens with one attached hydrogen (secondary N) is 1. The van der Waals surface area contributed by atoms with Gasteiger partial charge in [0, 0.05) is 26.1 Å². The predicted molar refractivity (Wildman–Crippen MR) is 88.7 cm³/mol. The van der Waals surface area contributed by atoms with E-state index in [4.69, 9.17) is 0 Å². The molecule has 126 valence electrons. The number of ether oxygens (including phenoxy) is 1. The molecule has 1 amide bonds. The van der Waals surface area contributed by atoms with E-state index < -0.39 is 0 Å². The summed E-state index contributed by atoms with van der Waals surface area (Å²) in [6.45, 7) is 3.27. The molecule has 1 aliphatic heterocycles. The number of piperidine rings is 1. The Hall–Kier alpha value is -1.88. The van der Waals surface area contributed by atoms with E-state index >= 15 is 0 Å². The van der Waals surface area contributed by atoms with E-state index in [2.05, 4.69) is 27.1 Å². The molecule has 1 aliphatic rings. The number of hydrogen-bond donors (Lipinski definition) is 1. The summed E-state index contributed by atoms with van der Waals surface area (Å²) < 4.78 is 4.59. The van der Waals surface area contributed by atoms with Crippen LogP contribution in [0.25, 0.3) is 0 Å². The number of hydrogen-bond acceptors (Lipinski definition) is 4. The van der Waals surface area contributed by atoms with Gasteiger partial charge in [0.2, 0.25) is 5.91 Å². The molecule has 0 spiro atoms. The molecule has 1 N–H and O–H groups in total. The molecule has 0 bridgehead atoms. The fourth-order valence-corrected chi connectivity index (χ4v) is 2.95. The van der Waals surface area contributed by atoms with Gasteiger partial charge in [-0.15, -0.1) is 0 Å².